The fourth-order valence-corrected chi connectivity index (χ4v) is 2.75. The van der Waals surface area contributed by atoms with Crippen LogP contribution in [0.3, 0.4) is 0 Å². The van der Waals surface area contributed by atoms with Gasteiger partial charge in [-0.05, 0) is 36.2 Å². The predicted octanol–water partition coefficient (Wildman–Crippen LogP) is 2.55. The van der Waals surface area contributed by atoms with Gasteiger partial charge in [-0.15, -0.1) is 0 Å². The number of piperidine rings is 1. The topological polar surface area (TPSA) is 58.2 Å². The first-order valence-corrected chi connectivity index (χ1v) is 7.88. The number of amides is 1. The van der Waals surface area contributed by atoms with Crippen molar-refractivity contribution >= 4 is 5.91 Å². The van der Waals surface area contributed by atoms with Gasteiger partial charge in [0.2, 0.25) is 5.91 Å². The number of rotatable bonds is 5. The van der Waals surface area contributed by atoms with Crippen molar-refractivity contribution in [2.24, 2.45) is 0 Å². The number of aromatic amines is 1. The van der Waals surface area contributed by atoms with E-state index in [1.54, 1.807) is 18.3 Å². The maximum atomic E-state index is 12.9. The number of benzene rings is 1. The van der Waals surface area contributed by atoms with Crippen molar-refractivity contribution in [2.45, 2.75) is 31.8 Å². The highest BCUT2D eigenvalue weighted by Crippen LogP contribution is 2.20. The van der Waals surface area contributed by atoms with Crippen LogP contribution in [0.5, 0.6) is 5.75 Å². The quantitative estimate of drug-likeness (QED) is 0.922. The molecule has 1 fully saturated rings. The molecule has 0 atom stereocenters. The van der Waals surface area contributed by atoms with E-state index in [1.807, 2.05) is 11.1 Å². The van der Waals surface area contributed by atoms with E-state index in [0.717, 1.165) is 18.4 Å². The number of likely N-dealkylation sites (tertiary alicyclic amines) is 1. The van der Waals surface area contributed by atoms with E-state index in [-0.39, 0.29) is 17.8 Å². The van der Waals surface area contributed by atoms with E-state index in [9.17, 15) is 9.18 Å². The molecule has 0 saturated carbocycles. The van der Waals surface area contributed by atoms with E-state index in [4.69, 9.17) is 4.74 Å². The number of carbonyl (C=O) groups is 1. The number of carbonyl (C=O) groups excluding carboxylic acids is 1. The van der Waals surface area contributed by atoms with Crippen molar-refractivity contribution < 1.29 is 13.9 Å². The van der Waals surface area contributed by atoms with E-state index >= 15 is 0 Å². The molecule has 0 aliphatic carbocycles. The van der Waals surface area contributed by atoms with Crippen molar-refractivity contribution in [1.82, 2.24) is 15.1 Å². The average molecular weight is 317 g/mol. The second-order valence-corrected chi connectivity index (χ2v) is 5.76. The molecule has 2 heterocycles. The molecule has 23 heavy (non-hydrogen) atoms. The number of hydrogen-bond acceptors (Lipinski definition) is 3. The highest BCUT2D eigenvalue weighted by molar-refractivity contribution is 5.76. The molecule has 1 N–H and O–H groups in total. The number of ether oxygens (including phenoxy) is 1. The largest absolute Gasteiger partial charge is 0.490 e. The zero-order chi connectivity index (χ0) is 16.1. The number of hydrogen-bond donors (Lipinski definition) is 1. The number of nitrogens with one attached hydrogen (secondary N) is 1. The van der Waals surface area contributed by atoms with Crippen LogP contribution < -0.4 is 4.74 Å². The Morgan fingerprint density at radius 3 is 2.70 bits per heavy atom. The molecule has 0 spiro atoms. The maximum absolute atomic E-state index is 12.9. The van der Waals surface area contributed by atoms with Gasteiger partial charge >= 0.3 is 0 Å². The van der Waals surface area contributed by atoms with Crippen LogP contribution in [0.25, 0.3) is 0 Å². The highest BCUT2D eigenvalue weighted by atomic mass is 19.1. The molecule has 0 bridgehead atoms. The minimum absolute atomic E-state index is 0.0818. The molecule has 122 valence electrons. The molecule has 1 aliphatic rings. The predicted molar refractivity (Wildman–Crippen MR) is 83.5 cm³/mol. The third-order valence-corrected chi connectivity index (χ3v) is 4.09. The van der Waals surface area contributed by atoms with E-state index < -0.39 is 0 Å². The van der Waals surface area contributed by atoms with Crippen LogP contribution in [0.4, 0.5) is 4.39 Å². The Labute approximate surface area is 134 Å². The Balaban J connectivity index is 1.42. The lowest BCUT2D eigenvalue weighted by Crippen LogP contribution is -2.41. The van der Waals surface area contributed by atoms with Gasteiger partial charge in [0, 0.05) is 38.5 Å². The zero-order valence-electron chi connectivity index (χ0n) is 12.9. The molecule has 1 aliphatic heterocycles. The van der Waals surface area contributed by atoms with Gasteiger partial charge in [-0.3, -0.25) is 9.89 Å². The number of nitrogens with zero attached hydrogens (tertiary/aromatic N) is 2. The third kappa shape index (κ3) is 4.31. The monoisotopic (exact) mass is 317 g/mol. The second-order valence-electron chi connectivity index (χ2n) is 5.76. The molecule has 2 aromatic rings. The van der Waals surface area contributed by atoms with Gasteiger partial charge in [-0.25, -0.2) is 4.39 Å². The van der Waals surface area contributed by atoms with Crippen LogP contribution in [-0.2, 0) is 11.2 Å². The summed E-state index contributed by atoms with van der Waals surface area (Å²) < 4.78 is 18.7. The standard InChI is InChI=1S/C17H20FN3O2/c18-14-2-4-15(5-3-14)23-16-7-9-21(10-8-16)17(22)6-1-13-11-19-20-12-13/h2-5,11-12,16H,1,6-10H2,(H,19,20). The first-order valence-electron chi connectivity index (χ1n) is 7.88. The summed E-state index contributed by atoms with van der Waals surface area (Å²) in [5, 5.41) is 6.63. The summed E-state index contributed by atoms with van der Waals surface area (Å²) in [6.45, 7) is 1.41. The molecular formula is C17H20FN3O2. The average Bonchev–Trinajstić information content (AvgIpc) is 3.09. The molecule has 0 radical (unpaired) electrons. The SMILES string of the molecule is O=C(CCc1cn[nH]c1)N1CCC(Oc2ccc(F)cc2)CC1. The number of halogens is 1. The summed E-state index contributed by atoms with van der Waals surface area (Å²) in [7, 11) is 0. The fourth-order valence-electron chi connectivity index (χ4n) is 2.75. The van der Waals surface area contributed by atoms with Gasteiger partial charge in [-0.1, -0.05) is 0 Å². The van der Waals surface area contributed by atoms with Crippen molar-refractivity contribution in [3.8, 4) is 5.75 Å². The fraction of sp³-hybridized carbons (Fsp3) is 0.412. The number of H-pyrrole nitrogens is 1. The van der Waals surface area contributed by atoms with Crippen LogP contribution in [-0.4, -0.2) is 40.2 Å². The van der Waals surface area contributed by atoms with Crippen molar-refractivity contribution in [1.29, 1.82) is 0 Å². The third-order valence-electron chi connectivity index (χ3n) is 4.09. The van der Waals surface area contributed by atoms with Crippen molar-refractivity contribution in [3.05, 3.63) is 48.0 Å². The first kappa shape index (κ1) is 15.5. The summed E-state index contributed by atoms with van der Waals surface area (Å²) in [5.41, 5.74) is 1.05. The van der Waals surface area contributed by atoms with Crippen molar-refractivity contribution in [3.63, 3.8) is 0 Å². The minimum Gasteiger partial charge on any atom is -0.490 e. The molecule has 1 aromatic heterocycles. The first-order chi connectivity index (χ1) is 11.2. The van der Waals surface area contributed by atoms with Crippen LogP contribution in [0.15, 0.2) is 36.7 Å². The number of aryl methyl sites for hydroxylation is 1. The summed E-state index contributed by atoms with van der Waals surface area (Å²) in [4.78, 5) is 14.1. The lowest BCUT2D eigenvalue weighted by atomic mass is 10.1. The van der Waals surface area contributed by atoms with Crippen LogP contribution in [0, 0.1) is 5.82 Å². The summed E-state index contributed by atoms with van der Waals surface area (Å²) in [5.74, 6) is 0.581. The van der Waals surface area contributed by atoms with Gasteiger partial charge in [-0.2, -0.15) is 5.10 Å². The van der Waals surface area contributed by atoms with Gasteiger partial charge < -0.3 is 9.64 Å². The maximum Gasteiger partial charge on any atom is 0.222 e. The lowest BCUT2D eigenvalue weighted by Gasteiger charge is -2.32. The highest BCUT2D eigenvalue weighted by Gasteiger charge is 2.23. The minimum atomic E-state index is -0.268. The summed E-state index contributed by atoms with van der Waals surface area (Å²) >= 11 is 0. The Kier molecular flexibility index (Phi) is 4.90. The van der Waals surface area contributed by atoms with E-state index in [1.165, 1.54) is 12.1 Å². The van der Waals surface area contributed by atoms with Gasteiger partial charge in [0.25, 0.3) is 0 Å². The molecule has 1 saturated heterocycles. The number of aromatic nitrogens is 2. The Morgan fingerprint density at radius 1 is 1.30 bits per heavy atom. The molecule has 3 rings (SSSR count). The molecule has 1 amide bonds. The summed E-state index contributed by atoms with van der Waals surface area (Å²) in [6.07, 6.45) is 6.46. The molecular weight excluding hydrogens is 297 g/mol. The van der Waals surface area contributed by atoms with E-state index in [0.29, 0.717) is 31.7 Å². The smallest absolute Gasteiger partial charge is 0.222 e. The van der Waals surface area contributed by atoms with Gasteiger partial charge in [0.05, 0.1) is 6.20 Å². The summed E-state index contributed by atoms with van der Waals surface area (Å²) in [6, 6.07) is 6.06. The van der Waals surface area contributed by atoms with Crippen molar-refractivity contribution in [2.75, 3.05) is 13.1 Å². The zero-order valence-corrected chi connectivity index (χ0v) is 12.9. The van der Waals surface area contributed by atoms with Crippen LogP contribution in [0.1, 0.15) is 24.8 Å². The molecule has 1 aromatic carbocycles. The Morgan fingerprint density at radius 2 is 2.04 bits per heavy atom. The molecule has 6 heteroatoms. The van der Waals surface area contributed by atoms with Crippen LogP contribution >= 0.6 is 0 Å². The van der Waals surface area contributed by atoms with E-state index in [2.05, 4.69) is 10.2 Å². The lowest BCUT2D eigenvalue weighted by molar-refractivity contribution is -0.132. The molecule has 5 nitrogen and oxygen atoms in total. The Hall–Kier alpha value is -2.37. The molecule has 0 unspecified atom stereocenters. The van der Waals surface area contributed by atoms with Crippen LogP contribution in [0.2, 0.25) is 0 Å². The second kappa shape index (κ2) is 7.26. The normalized spacial score (nSPS) is 15.6. The van der Waals surface area contributed by atoms with Gasteiger partial charge in [0.15, 0.2) is 0 Å². The Bertz CT molecular complexity index is 620. The van der Waals surface area contributed by atoms with Gasteiger partial charge in [0.1, 0.15) is 17.7 Å².